The van der Waals surface area contributed by atoms with E-state index in [1.165, 1.54) is 31.3 Å². The molecule has 1 aromatic rings. The van der Waals surface area contributed by atoms with Gasteiger partial charge in [0, 0.05) is 11.8 Å². The Balaban J connectivity index is 1.75. The lowest BCUT2D eigenvalue weighted by Crippen LogP contribution is -2.19. The molecule has 0 spiro atoms. The highest BCUT2D eigenvalue weighted by molar-refractivity contribution is 6.33. The van der Waals surface area contributed by atoms with E-state index < -0.39 is 0 Å². The minimum absolute atomic E-state index is 0.605. The molecule has 0 saturated heterocycles. The summed E-state index contributed by atoms with van der Waals surface area (Å²) in [4.78, 5) is 4.26. The number of ether oxygens (including phenoxy) is 1. The summed E-state index contributed by atoms with van der Waals surface area (Å²) in [5, 5.41) is 0.685. The second-order valence-corrected chi connectivity index (χ2v) is 5.59. The first-order chi connectivity index (χ1) is 8.84. The highest BCUT2D eigenvalue weighted by Gasteiger charge is 2.20. The third kappa shape index (κ3) is 2.39. The van der Waals surface area contributed by atoms with E-state index >= 15 is 0 Å². The van der Waals surface area contributed by atoms with E-state index in [1.54, 1.807) is 6.20 Å². The van der Waals surface area contributed by atoms with Gasteiger partial charge in [0.25, 0.3) is 0 Å². The smallest absolute Gasteiger partial charge is 0.233 e. The molecule has 2 aliphatic carbocycles. The lowest BCUT2D eigenvalue weighted by molar-refractivity contribution is 0.175. The predicted octanol–water partition coefficient (Wildman–Crippen LogP) is 4.48. The lowest BCUT2D eigenvalue weighted by Gasteiger charge is -2.25. The van der Waals surface area contributed by atoms with Crippen molar-refractivity contribution in [2.75, 3.05) is 6.61 Å². The summed E-state index contributed by atoms with van der Waals surface area (Å²) in [6.45, 7) is 0.759. The number of hydrogen-bond donors (Lipinski definition) is 0. The molecule has 18 heavy (non-hydrogen) atoms. The van der Waals surface area contributed by atoms with Crippen LogP contribution >= 0.6 is 11.6 Å². The molecule has 1 aromatic heterocycles. The van der Waals surface area contributed by atoms with Crippen LogP contribution in [0.25, 0.3) is 5.57 Å². The third-order valence-electron chi connectivity index (χ3n) is 3.92. The van der Waals surface area contributed by atoms with Crippen LogP contribution in [0.5, 0.6) is 5.88 Å². The molecule has 0 unspecified atom stereocenters. The van der Waals surface area contributed by atoms with Crippen LogP contribution in [0.2, 0.25) is 5.02 Å². The van der Waals surface area contributed by atoms with Crippen molar-refractivity contribution in [1.29, 1.82) is 0 Å². The molecule has 2 aliphatic rings. The predicted molar refractivity (Wildman–Crippen MR) is 73.9 cm³/mol. The molecule has 0 amide bonds. The fourth-order valence-corrected chi connectivity index (χ4v) is 2.83. The van der Waals surface area contributed by atoms with Crippen LogP contribution in [0.3, 0.4) is 0 Å². The molecule has 0 atom stereocenters. The maximum absolute atomic E-state index is 6.41. The topological polar surface area (TPSA) is 22.1 Å². The van der Waals surface area contributed by atoms with Gasteiger partial charge >= 0.3 is 0 Å². The summed E-state index contributed by atoms with van der Waals surface area (Å²) >= 11 is 6.41. The van der Waals surface area contributed by atoms with Gasteiger partial charge in [0.15, 0.2) is 0 Å². The molecule has 0 N–H and O–H groups in total. The first-order valence-corrected chi connectivity index (χ1v) is 7.19. The van der Waals surface area contributed by atoms with Crippen LogP contribution in [0.4, 0.5) is 0 Å². The van der Waals surface area contributed by atoms with Gasteiger partial charge in [-0.15, -0.1) is 0 Å². The molecule has 1 saturated carbocycles. The van der Waals surface area contributed by atoms with Gasteiger partial charge in [-0.2, -0.15) is 0 Å². The molecule has 1 heterocycles. The zero-order chi connectivity index (χ0) is 12.4. The molecular formula is C15H18ClNO. The average molecular weight is 264 g/mol. The Morgan fingerprint density at radius 3 is 2.89 bits per heavy atom. The van der Waals surface area contributed by atoms with Gasteiger partial charge in [-0.05, 0) is 49.7 Å². The minimum Gasteiger partial charge on any atom is -0.476 e. The van der Waals surface area contributed by atoms with Crippen molar-refractivity contribution in [2.24, 2.45) is 5.92 Å². The minimum atomic E-state index is 0.605. The summed E-state index contributed by atoms with van der Waals surface area (Å²) in [6, 6.07) is 2.00. The summed E-state index contributed by atoms with van der Waals surface area (Å²) in [7, 11) is 0. The van der Waals surface area contributed by atoms with Crippen molar-refractivity contribution in [3.63, 3.8) is 0 Å². The summed E-state index contributed by atoms with van der Waals surface area (Å²) in [5.41, 5.74) is 2.45. The fraction of sp³-hybridized carbons (Fsp3) is 0.533. The zero-order valence-corrected chi connectivity index (χ0v) is 11.2. The molecule has 0 radical (unpaired) electrons. The Morgan fingerprint density at radius 2 is 2.22 bits per heavy atom. The largest absolute Gasteiger partial charge is 0.476 e. The lowest BCUT2D eigenvalue weighted by atomic mass is 9.86. The van der Waals surface area contributed by atoms with Crippen molar-refractivity contribution in [3.8, 4) is 5.88 Å². The first-order valence-electron chi connectivity index (χ1n) is 6.81. The Morgan fingerprint density at radius 1 is 1.33 bits per heavy atom. The van der Waals surface area contributed by atoms with E-state index in [1.807, 2.05) is 6.07 Å². The molecule has 0 aliphatic heterocycles. The Kier molecular flexibility index (Phi) is 3.55. The first kappa shape index (κ1) is 12.0. The van der Waals surface area contributed by atoms with Crippen LogP contribution in [0.1, 0.15) is 44.1 Å². The van der Waals surface area contributed by atoms with Crippen molar-refractivity contribution >= 4 is 17.2 Å². The summed E-state index contributed by atoms with van der Waals surface area (Å²) in [6.07, 6.45) is 11.5. The molecule has 0 bridgehead atoms. The number of rotatable bonds is 4. The van der Waals surface area contributed by atoms with Crippen LogP contribution in [-0.4, -0.2) is 11.6 Å². The van der Waals surface area contributed by atoms with Gasteiger partial charge in [-0.3, -0.25) is 0 Å². The van der Waals surface area contributed by atoms with Gasteiger partial charge in [-0.25, -0.2) is 4.98 Å². The summed E-state index contributed by atoms with van der Waals surface area (Å²) < 4.78 is 5.77. The Hall–Kier alpha value is -1.02. The number of aromatic nitrogens is 1. The number of halogens is 1. The fourth-order valence-electron chi connectivity index (χ4n) is 2.54. The second kappa shape index (κ2) is 5.31. The zero-order valence-electron chi connectivity index (χ0n) is 10.5. The Bertz CT molecular complexity index is 466. The maximum atomic E-state index is 6.41. The normalized spacial score (nSPS) is 19.5. The summed E-state index contributed by atoms with van der Waals surface area (Å²) in [5.74, 6) is 1.31. The van der Waals surface area contributed by atoms with Crippen LogP contribution in [-0.2, 0) is 0 Å². The van der Waals surface area contributed by atoms with Gasteiger partial charge in [0.05, 0.1) is 6.61 Å². The van der Waals surface area contributed by atoms with E-state index in [0.717, 1.165) is 25.0 Å². The second-order valence-electron chi connectivity index (χ2n) is 5.21. The maximum Gasteiger partial charge on any atom is 0.233 e. The average Bonchev–Trinajstić information content (AvgIpc) is 2.82. The number of pyridine rings is 1. The van der Waals surface area contributed by atoms with Gasteiger partial charge in [0.2, 0.25) is 5.88 Å². The van der Waals surface area contributed by atoms with E-state index in [0.29, 0.717) is 16.8 Å². The van der Waals surface area contributed by atoms with E-state index in [-0.39, 0.29) is 0 Å². The molecule has 2 nitrogen and oxygen atoms in total. The highest BCUT2D eigenvalue weighted by Crippen LogP contribution is 2.36. The molecule has 0 aromatic carbocycles. The highest BCUT2D eigenvalue weighted by atomic mass is 35.5. The van der Waals surface area contributed by atoms with Crippen molar-refractivity contribution in [3.05, 3.63) is 28.9 Å². The van der Waals surface area contributed by atoms with Crippen molar-refractivity contribution in [2.45, 2.75) is 38.5 Å². The van der Waals surface area contributed by atoms with Crippen LogP contribution in [0.15, 0.2) is 18.3 Å². The molecule has 1 fully saturated rings. The van der Waals surface area contributed by atoms with Gasteiger partial charge in [-0.1, -0.05) is 24.1 Å². The van der Waals surface area contributed by atoms with E-state index in [2.05, 4.69) is 11.1 Å². The molecule has 96 valence electrons. The molecule has 3 rings (SSSR count). The quantitative estimate of drug-likeness (QED) is 0.799. The van der Waals surface area contributed by atoms with Crippen molar-refractivity contribution in [1.82, 2.24) is 4.98 Å². The van der Waals surface area contributed by atoms with E-state index in [9.17, 15) is 0 Å². The van der Waals surface area contributed by atoms with Crippen LogP contribution in [0, 0.1) is 5.92 Å². The number of allylic oxidation sites excluding steroid dienone is 2. The molecular weight excluding hydrogens is 246 g/mol. The Labute approximate surface area is 113 Å². The SMILES string of the molecule is Clc1c(C2=CCCC2)ccnc1OCC1CCC1. The monoisotopic (exact) mass is 263 g/mol. The van der Waals surface area contributed by atoms with E-state index in [4.69, 9.17) is 16.3 Å². The van der Waals surface area contributed by atoms with Gasteiger partial charge < -0.3 is 4.74 Å². The number of nitrogens with zero attached hydrogens (tertiary/aromatic N) is 1. The number of hydrogen-bond acceptors (Lipinski definition) is 2. The van der Waals surface area contributed by atoms with Crippen LogP contribution < -0.4 is 4.74 Å². The van der Waals surface area contributed by atoms with Crippen molar-refractivity contribution < 1.29 is 4.74 Å². The standard InChI is InChI=1S/C15H18ClNO/c16-14-13(12-6-1-2-7-12)8-9-17-15(14)18-10-11-4-3-5-11/h6,8-9,11H,1-5,7,10H2. The third-order valence-corrected chi connectivity index (χ3v) is 4.29. The van der Waals surface area contributed by atoms with Gasteiger partial charge in [0.1, 0.15) is 5.02 Å². The molecule has 3 heteroatoms.